The highest BCUT2D eigenvalue weighted by Crippen LogP contribution is 2.38. The van der Waals surface area contributed by atoms with Gasteiger partial charge < -0.3 is 0 Å². The molecule has 2 fully saturated rings. The van der Waals surface area contributed by atoms with Gasteiger partial charge in [0.05, 0.1) is 6.07 Å². The first kappa shape index (κ1) is 9.95. The predicted molar refractivity (Wildman–Crippen MR) is 55.8 cm³/mol. The van der Waals surface area contributed by atoms with Crippen molar-refractivity contribution in [2.24, 2.45) is 0 Å². The average molecular weight is 193 g/mol. The Kier molecular flexibility index (Phi) is 2.29. The van der Waals surface area contributed by atoms with E-state index in [1.807, 2.05) is 14.1 Å². The third-order valence-corrected chi connectivity index (χ3v) is 3.72. The van der Waals surface area contributed by atoms with Crippen molar-refractivity contribution in [3.8, 4) is 6.07 Å². The van der Waals surface area contributed by atoms with Crippen LogP contribution >= 0.6 is 0 Å². The van der Waals surface area contributed by atoms with Crippen LogP contribution in [0, 0.1) is 11.3 Å². The Balaban J connectivity index is 2.13. The van der Waals surface area contributed by atoms with Gasteiger partial charge in [-0.2, -0.15) is 5.26 Å². The molecule has 1 saturated heterocycles. The lowest BCUT2D eigenvalue weighted by Gasteiger charge is -2.29. The van der Waals surface area contributed by atoms with E-state index in [1.54, 1.807) is 0 Å². The largest absolute Gasteiger partial charge is 0.295 e. The lowest BCUT2D eigenvalue weighted by atomic mass is 9.97. The second-order valence-corrected chi connectivity index (χ2v) is 4.99. The minimum atomic E-state index is -0.234. The fourth-order valence-corrected chi connectivity index (χ4v) is 2.53. The van der Waals surface area contributed by atoms with Crippen LogP contribution < -0.4 is 0 Å². The Labute approximate surface area is 86.3 Å². The van der Waals surface area contributed by atoms with Crippen LogP contribution in [0.4, 0.5) is 0 Å². The SMILES string of the molecule is CC1CC(C#N)(N(C)C)CN1C1CC1. The van der Waals surface area contributed by atoms with Crippen LogP contribution in [0.25, 0.3) is 0 Å². The summed E-state index contributed by atoms with van der Waals surface area (Å²) in [6, 6.07) is 3.86. The first-order chi connectivity index (χ1) is 6.59. The van der Waals surface area contributed by atoms with Crippen molar-refractivity contribution in [2.45, 2.75) is 43.8 Å². The van der Waals surface area contributed by atoms with E-state index in [0.29, 0.717) is 6.04 Å². The van der Waals surface area contributed by atoms with Crippen molar-refractivity contribution in [2.75, 3.05) is 20.6 Å². The third-order valence-electron chi connectivity index (χ3n) is 3.72. The zero-order valence-corrected chi connectivity index (χ0v) is 9.32. The molecule has 0 aromatic rings. The molecular weight excluding hydrogens is 174 g/mol. The minimum absolute atomic E-state index is 0.234. The number of hydrogen-bond donors (Lipinski definition) is 0. The molecule has 0 bridgehead atoms. The topological polar surface area (TPSA) is 30.3 Å². The van der Waals surface area contributed by atoms with Crippen molar-refractivity contribution < 1.29 is 0 Å². The maximum atomic E-state index is 9.31. The van der Waals surface area contributed by atoms with Crippen LogP contribution in [-0.4, -0.2) is 48.1 Å². The molecule has 1 aliphatic heterocycles. The van der Waals surface area contributed by atoms with E-state index in [1.165, 1.54) is 12.8 Å². The van der Waals surface area contributed by atoms with Crippen molar-refractivity contribution in [3.63, 3.8) is 0 Å². The lowest BCUT2D eigenvalue weighted by Crippen LogP contribution is -2.45. The van der Waals surface area contributed by atoms with Gasteiger partial charge in [0.25, 0.3) is 0 Å². The zero-order chi connectivity index (χ0) is 10.3. The van der Waals surface area contributed by atoms with E-state index in [-0.39, 0.29) is 5.54 Å². The molecule has 2 atom stereocenters. The monoisotopic (exact) mass is 193 g/mol. The standard InChI is InChI=1S/C11H19N3/c1-9-6-11(7-12,13(2)3)8-14(9)10-4-5-10/h9-10H,4-6,8H2,1-3H3. The second kappa shape index (κ2) is 3.22. The van der Waals surface area contributed by atoms with Gasteiger partial charge in [-0.05, 0) is 40.3 Å². The van der Waals surface area contributed by atoms with Crippen LogP contribution in [0.1, 0.15) is 26.2 Å². The number of rotatable bonds is 2. The average Bonchev–Trinajstić information content (AvgIpc) is 2.91. The van der Waals surface area contributed by atoms with Gasteiger partial charge in [0.1, 0.15) is 5.54 Å². The van der Waals surface area contributed by atoms with E-state index in [0.717, 1.165) is 19.0 Å². The van der Waals surface area contributed by atoms with E-state index < -0.39 is 0 Å². The lowest BCUT2D eigenvalue weighted by molar-refractivity contribution is 0.201. The smallest absolute Gasteiger partial charge is 0.123 e. The quantitative estimate of drug-likeness (QED) is 0.657. The molecule has 0 spiro atoms. The zero-order valence-electron chi connectivity index (χ0n) is 9.32. The maximum Gasteiger partial charge on any atom is 0.123 e. The molecule has 0 radical (unpaired) electrons. The molecule has 1 aliphatic carbocycles. The molecule has 2 unspecified atom stereocenters. The fourth-order valence-electron chi connectivity index (χ4n) is 2.53. The molecule has 1 heterocycles. The summed E-state index contributed by atoms with van der Waals surface area (Å²) < 4.78 is 0. The van der Waals surface area contributed by atoms with Crippen molar-refractivity contribution in [3.05, 3.63) is 0 Å². The molecule has 0 aromatic carbocycles. The summed E-state index contributed by atoms with van der Waals surface area (Å²) in [7, 11) is 4.04. The third kappa shape index (κ3) is 1.43. The Morgan fingerprint density at radius 3 is 2.43 bits per heavy atom. The van der Waals surface area contributed by atoms with Crippen LogP contribution in [0.15, 0.2) is 0 Å². The van der Waals surface area contributed by atoms with E-state index in [4.69, 9.17) is 0 Å². The van der Waals surface area contributed by atoms with Gasteiger partial charge >= 0.3 is 0 Å². The number of likely N-dealkylation sites (tertiary alicyclic amines) is 1. The van der Waals surface area contributed by atoms with Gasteiger partial charge in [-0.3, -0.25) is 9.80 Å². The van der Waals surface area contributed by atoms with E-state index >= 15 is 0 Å². The summed E-state index contributed by atoms with van der Waals surface area (Å²) in [6.07, 6.45) is 3.66. The first-order valence-electron chi connectivity index (χ1n) is 5.43. The fraction of sp³-hybridized carbons (Fsp3) is 0.909. The highest BCUT2D eigenvalue weighted by molar-refractivity contribution is 5.16. The normalized spacial score (nSPS) is 38.9. The van der Waals surface area contributed by atoms with Gasteiger partial charge in [-0.25, -0.2) is 0 Å². The predicted octanol–water partition coefficient (Wildman–Crippen LogP) is 1.07. The number of nitriles is 1. The van der Waals surface area contributed by atoms with Gasteiger partial charge in [0.2, 0.25) is 0 Å². The van der Waals surface area contributed by atoms with Gasteiger partial charge in [0, 0.05) is 18.6 Å². The summed E-state index contributed by atoms with van der Waals surface area (Å²) in [4.78, 5) is 4.61. The molecular formula is C11H19N3. The molecule has 2 rings (SSSR count). The van der Waals surface area contributed by atoms with Crippen LogP contribution in [0.2, 0.25) is 0 Å². The van der Waals surface area contributed by atoms with Gasteiger partial charge in [0.15, 0.2) is 0 Å². The van der Waals surface area contributed by atoms with Gasteiger partial charge in [-0.1, -0.05) is 0 Å². The molecule has 3 heteroatoms. The maximum absolute atomic E-state index is 9.31. The summed E-state index contributed by atoms with van der Waals surface area (Å²) >= 11 is 0. The molecule has 0 aromatic heterocycles. The van der Waals surface area contributed by atoms with Crippen LogP contribution in [0.5, 0.6) is 0 Å². The Bertz CT molecular complexity index is 264. The summed E-state index contributed by atoms with van der Waals surface area (Å²) in [5.41, 5.74) is -0.234. The second-order valence-electron chi connectivity index (χ2n) is 4.99. The number of likely N-dealkylation sites (N-methyl/N-ethyl adjacent to an activating group) is 1. The molecule has 0 amide bonds. The highest BCUT2D eigenvalue weighted by atomic mass is 15.3. The van der Waals surface area contributed by atoms with Crippen LogP contribution in [-0.2, 0) is 0 Å². The van der Waals surface area contributed by atoms with E-state index in [9.17, 15) is 5.26 Å². The number of nitrogens with zero attached hydrogens (tertiary/aromatic N) is 3. The van der Waals surface area contributed by atoms with Gasteiger partial charge in [-0.15, -0.1) is 0 Å². The Hall–Kier alpha value is -0.590. The summed E-state index contributed by atoms with van der Waals surface area (Å²) in [5, 5.41) is 9.31. The first-order valence-corrected chi connectivity index (χ1v) is 5.43. The molecule has 14 heavy (non-hydrogen) atoms. The summed E-state index contributed by atoms with van der Waals surface area (Å²) in [5.74, 6) is 0. The van der Waals surface area contributed by atoms with Crippen molar-refractivity contribution in [1.82, 2.24) is 9.80 Å². The molecule has 0 N–H and O–H groups in total. The number of hydrogen-bond acceptors (Lipinski definition) is 3. The van der Waals surface area contributed by atoms with Crippen molar-refractivity contribution >= 4 is 0 Å². The highest BCUT2D eigenvalue weighted by Gasteiger charge is 2.48. The minimum Gasteiger partial charge on any atom is -0.295 e. The summed E-state index contributed by atoms with van der Waals surface area (Å²) in [6.45, 7) is 3.18. The molecule has 3 nitrogen and oxygen atoms in total. The molecule has 2 aliphatic rings. The Morgan fingerprint density at radius 1 is 1.43 bits per heavy atom. The molecule has 78 valence electrons. The van der Waals surface area contributed by atoms with Crippen LogP contribution in [0.3, 0.4) is 0 Å². The van der Waals surface area contributed by atoms with E-state index in [2.05, 4.69) is 22.8 Å². The Morgan fingerprint density at radius 2 is 2.07 bits per heavy atom. The van der Waals surface area contributed by atoms with Crippen molar-refractivity contribution in [1.29, 1.82) is 5.26 Å². The molecule has 1 saturated carbocycles.